The molecule has 6 rings (SSSR count). The molecule has 0 bridgehead atoms. The minimum Gasteiger partial charge on any atom is -0.141 e. The molecule has 0 unspecified atom stereocenters. The average Bonchev–Trinajstić information content (AvgIpc) is 3.29. The largest absolute Gasteiger partial charge is 0.141 e. The van der Waals surface area contributed by atoms with E-state index in [1.165, 1.54) is 59.1 Å². The lowest BCUT2D eigenvalue weighted by molar-refractivity contribution is 1.29. The molecule has 128 valence electrons. The number of rotatable bonds is 1. The second kappa shape index (κ2) is 5.55. The molecule has 1 heterocycles. The third kappa shape index (κ3) is 2.28. The van der Waals surface area contributed by atoms with E-state index in [4.69, 9.17) is 0 Å². The quantitative estimate of drug-likeness (QED) is 0.264. The molecule has 1 aromatic heterocycles. The van der Waals surface area contributed by atoms with Gasteiger partial charge in [0, 0.05) is 9.75 Å². The fourth-order valence-corrected chi connectivity index (χ4v) is 5.30. The standard InChI is InChI=1S/C26H18S/c1-16-6-11-26(27-16)21-8-7-20-14-25-22(23(20)15-21)10-9-19-12-17-4-2-3-5-18(17)13-24(19)25/h2-13,15H,14H2,1H3. The first-order chi connectivity index (χ1) is 13.3. The molecule has 0 fully saturated rings. The van der Waals surface area contributed by atoms with Crippen molar-refractivity contribution in [3.05, 3.63) is 94.9 Å². The van der Waals surface area contributed by atoms with E-state index in [0.29, 0.717) is 0 Å². The van der Waals surface area contributed by atoms with Gasteiger partial charge in [0.25, 0.3) is 0 Å². The van der Waals surface area contributed by atoms with Crippen LogP contribution >= 0.6 is 11.3 Å². The van der Waals surface area contributed by atoms with Gasteiger partial charge in [-0.15, -0.1) is 11.3 Å². The highest BCUT2D eigenvalue weighted by molar-refractivity contribution is 7.15. The molecule has 0 atom stereocenters. The van der Waals surface area contributed by atoms with E-state index < -0.39 is 0 Å². The summed E-state index contributed by atoms with van der Waals surface area (Å²) in [6.45, 7) is 2.17. The molecule has 0 N–H and O–H groups in total. The van der Waals surface area contributed by atoms with Crippen molar-refractivity contribution in [3.8, 4) is 21.6 Å². The highest BCUT2D eigenvalue weighted by atomic mass is 32.1. The lowest BCUT2D eigenvalue weighted by Gasteiger charge is -2.08. The van der Waals surface area contributed by atoms with Gasteiger partial charge in [0.15, 0.2) is 0 Å². The molecule has 5 aromatic rings. The first kappa shape index (κ1) is 15.2. The topological polar surface area (TPSA) is 0 Å². The maximum absolute atomic E-state index is 2.39. The number of hydrogen-bond donors (Lipinski definition) is 0. The van der Waals surface area contributed by atoms with Crippen LogP contribution in [0.3, 0.4) is 0 Å². The van der Waals surface area contributed by atoms with Gasteiger partial charge in [-0.1, -0.05) is 48.5 Å². The van der Waals surface area contributed by atoms with E-state index in [1.807, 2.05) is 11.3 Å². The second-order valence-electron chi connectivity index (χ2n) is 7.47. The summed E-state index contributed by atoms with van der Waals surface area (Å²) in [4.78, 5) is 2.72. The van der Waals surface area contributed by atoms with Crippen LogP contribution in [0.5, 0.6) is 0 Å². The van der Waals surface area contributed by atoms with Gasteiger partial charge in [0.2, 0.25) is 0 Å². The normalized spacial score (nSPS) is 12.5. The monoisotopic (exact) mass is 362 g/mol. The third-order valence-electron chi connectivity index (χ3n) is 5.79. The summed E-state index contributed by atoms with van der Waals surface area (Å²) in [6, 6.07) is 29.4. The van der Waals surface area contributed by atoms with Crippen molar-refractivity contribution < 1.29 is 0 Å². The van der Waals surface area contributed by atoms with Gasteiger partial charge in [0.05, 0.1) is 0 Å². The van der Waals surface area contributed by atoms with Crippen molar-refractivity contribution in [3.63, 3.8) is 0 Å². The van der Waals surface area contributed by atoms with E-state index >= 15 is 0 Å². The molecule has 1 aliphatic carbocycles. The van der Waals surface area contributed by atoms with E-state index in [1.54, 1.807) is 0 Å². The number of hydrogen-bond acceptors (Lipinski definition) is 1. The fourth-order valence-electron chi connectivity index (χ4n) is 4.43. The maximum Gasteiger partial charge on any atom is 0.0345 e. The van der Waals surface area contributed by atoms with Crippen LogP contribution < -0.4 is 0 Å². The Labute approximate surface area is 162 Å². The van der Waals surface area contributed by atoms with Crippen molar-refractivity contribution in [2.24, 2.45) is 0 Å². The molecular weight excluding hydrogens is 344 g/mol. The molecule has 0 spiro atoms. The molecule has 1 aliphatic rings. The van der Waals surface area contributed by atoms with Crippen LogP contribution in [0.25, 0.3) is 43.1 Å². The van der Waals surface area contributed by atoms with Crippen molar-refractivity contribution in [1.29, 1.82) is 0 Å². The molecule has 0 aliphatic heterocycles. The Bertz CT molecular complexity index is 1350. The van der Waals surface area contributed by atoms with Crippen molar-refractivity contribution in [1.82, 2.24) is 0 Å². The molecule has 0 saturated carbocycles. The van der Waals surface area contributed by atoms with Gasteiger partial charge in [-0.25, -0.2) is 0 Å². The van der Waals surface area contributed by atoms with Crippen LogP contribution in [-0.2, 0) is 6.42 Å². The maximum atomic E-state index is 2.39. The van der Waals surface area contributed by atoms with Crippen LogP contribution in [0, 0.1) is 6.92 Å². The van der Waals surface area contributed by atoms with Gasteiger partial charge in [0.1, 0.15) is 0 Å². The summed E-state index contributed by atoms with van der Waals surface area (Å²) in [6.07, 6.45) is 1.03. The number of fused-ring (bicyclic) bond motifs is 6. The second-order valence-corrected chi connectivity index (χ2v) is 8.76. The number of benzene rings is 4. The minimum absolute atomic E-state index is 1.03. The van der Waals surface area contributed by atoms with Crippen LogP contribution in [0.1, 0.15) is 16.0 Å². The molecule has 4 aromatic carbocycles. The minimum atomic E-state index is 1.03. The number of thiophene rings is 1. The Hall–Kier alpha value is -2.90. The predicted molar refractivity (Wildman–Crippen MR) is 118 cm³/mol. The number of aryl methyl sites for hydroxylation is 1. The molecule has 0 nitrogen and oxygen atoms in total. The van der Waals surface area contributed by atoms with Crippen molar-refractivity contribution in [2.75, 3.05) is 0 Å². The molecule has 0 saturated heterocycles. The Balaban J connectivity index is 1.57. The zero-order chi connectivity index (χ0) is 18.0. The fraction of sp³-hybridized carbons (Fsp3) is 0.0769. The molecule has 0 radical (unpaired) electrons. The van der Waals surface area contributed by atoms with Gasteiger partial charge in [-0.05, 0) is 93.0 Å². The molecule has 27 heavy (non-hydrogen) atoms. The highest BCUT2D eigenvalue weighted by Gasteiger charge is 2.21. The molecule has 0 amide bonds. The summed E-state index contributed by atoms with van der Waals surface area (Å²) < 4.78 is 0. The first-order valence-corrected chi connectivity index (χ1v) is 10.2. The Morgan fingerprint density at radius 1 is 0.704 bits per heavy atom. The van der Waals surface area contributed by atoms with Gasteiger partial charge in [-0.3, -0.25) is 0 Å². The SMILES string of the molecule is Cc1ccc(-c2ccc3c(c2)-c2ccc4cc5ccccc5cc4c2C3)s1. The average molecular weight is 362 g/mol. The van der Waals surface area contributed by atoms with Crippen molar-refractivity contribution in [2.45, 2.75) is 13.3 Å². The lowest BCUT2D eigenvalue weighted by atomic mass is 9.96. The van der Waals surface area contributed by atoms with E-state index in [2.05, 4.69) is 85.8 Å². The van der Waals surface area contributed by atoms with Crippen LogP contribution in [0.15, 0.2) is 78.9 Å². The Morgan fingerprint density at radius 2 is 1.56 bits per heavy atom. The summed E-state index contributed by atoms with van der Waals surface area (Å²) in [7, 11) is 0. The first-order valence-electron chi connectivity index (χ1n) is 9.41. The zero-order valence-corrected chi connectivity index (χ0v) is 15.9. The summed E-state index contributed by atoms with van der Waals surface area (Å²) in [5.74, 6) is 0. The van der Waals surface area contributed by atoms with Crippen molar-refractivity contribution >= 4 is 32.9 Å². The van der Waals surface area contributed by atoms with Gasteiger partial charge < -0.3 is 0 Å². The van der Waals surface area contributed by atoms with E-state index in [-0.39, 0.29) is 0 Å². The molecule has 1 heteroatoms. The highest BCUT2D eigenvalue weighted by Crippen LogP contribution is 2.43. The Kier molecular flexibility index (Phi) is 3.12. The zero-order valence-electron chi connectivity index (χ0n) is 15.1. The van der Waals surface area contributed by atoms with Gasteiger partial charge in [-0.2, -0.15) is 0 Å². The third-order valence-corrected chi connectivity index (χ3v) is 6.84. The van der Waals surface area contributed by atoms with Crippen LogP contribution in [-0.4, -0.2) is 0 Å². The van der Waals surface area contributed by atoms with Gasteiger partial charge >= 0.3 is 0 Å². The molecular formula is C26H18S. The summed E-state index contributed by atoms with van der Waals surface area (Å²) in [5, 5.41) is 5.38. The Morgan fingerprint density at radius 3 is 2.37 bits per heavy atom. The smallest absolute Gasteiger partial charge is 0.0345 e. The van der Waals surface area contributed by atoms with Crippen LogP contribution in [0.4, 0.5) is 0 Å². The van der Waals surface area contributed by atoms with E-state index in [9.17, 15) is 0 Å². The lowest BCUT2D eigenvalue weighted by Crippen LogP contribution is -1.85. The summed E-state index contributed by atoms with van der Waals surface area (Å²) >= 11 is 1.87. The van der Waals surface area contributed by atoms with Crippen LogP contribution in [0.2, 0.25) is 0 Å². The summed E-state index contributed by atoms with van der Waals surface area (Å²) in [5.41, 5.74) is 7.07. The predicted octanol–water partition coefficient (Wildman–Crippen LogP) is 7.60. The van der Waals surface area contributed by atoms with E-state index in [0.717, 1.165) is 6.42 Å².